The second kappa shape index (κ2) is 6.74. The molecule has 6 nitrogen and oxygen atoms in total. The Morgan fingerprint density at radius 3 is 2.74 bits per heavy atom. The molecule has 1 atom stereocenters. The summed E-state index contributed by atoms with van der Waals surface area (Å²) in [5.41, 5.74) is 6.89. The van der Waals surface area contributed by atoms with E-state index in [9.17, 15) is 5.02 Å². The fourth-order valence-corrected chi connectivity index (χ4v) is 2.55. The van der Waals surface area contributed by atoms with Gasteiger partial charge in [0, 0.05) is 12.4 Å². The average molecular weight is 311 g/mol. The zero-order chi connectivity index (χ0) is 16.2. The molecule has 1 aliphatic heterocycles. The van der Waals surface area contributed by atoms with Gasteiger partial charge in [-0.3, -0.25) is 0 Å². The molecule has 0 radical (unpaired) electrons. The number of nitrogens with zero attached hydrogens (tertiary/aromatic N) is 1. The van der Waals surface area contributed by atoms with Crippen LogP contribution in [0.3, 0.4) is 0 Å². The Labute approximate surface area is 135 Å². The first-order valence-electron chi connectivity index (χ1n) is 7.27. The maximum atomic E-state index is 10.1. The van der Waals surface area contributed by atoms with E-state index >= 15 is 0 Å². The van der Waals surface area contributed by atoms with E-state index in [1.54, 1.807) is 12.3 Å². The number of rotatable bonds is 5. The lowest BCUT2D eigenvalue weighted by atomic mass is 9.79. The van der Waals surface area contributed by atoms with E-state index in [0.29, 0.717) is 17.8 Å². The van der Waals surface area contributed by atoms with Crippen molar-refractivity contribution < 1.29 is 14.4 Å². The third kappa shape index (κ3) is 3.48. The fraction of sp³-hybridized carbons (Fsp3) is 0.125. The molecule has 0 fully saturated rings. The summed E-state index contributed by atoms with van der Waals surface area (Å²) in [6.07, 6.45) is 2.57. The first kappa shape index (κ1) is 15.4. The topological polar surface area (TPSA) is 94.0 Å². The van der Waals surface area contributed by atoms with E-state index in [-0.39, 0.29) is 6.10 Å². The second-order valence-corrected chi connectivity index (χ2v) is 5.22. The highest BCUT2D eigenvalue weighted by Gasteiger charge is 2.35. The van der Waals surface area contributed by atoms with E-state index < -0.39 is 7.12 Å². The lowest BCUT2D eigenvalue weighted by Gasteiger charge is -2.19. The first-order valence-corrected chi connectivity index (χ1v) is 7.27. The minimum Gasteiger partial charge on any atom is -0.457 e. The number of nitrogens with two attached hydrogens (primary N) is 2. The number of benzene rings is 2. The number of ether oxygens (including phenoxy) is 1. The highest BCUT2D eigenvalue weighted by Crippen LogP contribution is 2.28. The van der Waals surface area contributed by atoms with Gasteiger partial charge < -0.3 is 25.2 Å². The Morgan fingerprint density at radius 1 is 1.22 bits per heavy atom. The highest BCUT2D eigenvalue weighted by atomic mass is 16.5. The molecular formula is C16H18BN3O3. The van der Waals surface area contributed by atoms with Crippen LogP contribution in [-0.2, 0) is 4.65 Å². The summed E-state index contributed by atoms with van der Waals surface area (Å²) >= 11 is 0. The van der Waals surface area contributed by atoms with Crippen molar-refractivity contribution in [1.29, 1.82) is 0 Å². The second-order valence-electron chi connectivity index (χ2n) is 5.22. The van der Waals surface area contributed by atoms with Crippen molar-refractivity contribution in [1.82, 2.24) is 5.01 Å². The van der Waals surface area contributed by atoms with Gasteiger partial charge >= 0.3 is 7.12 Å². The van der Waals surface area contributed by atoms with E-state index in [2.05, 4.69) is 0 Å². The standard InChI is InChI=1S/C16H18BN3O3/c18-8-9-20(19)11-16-14-7-6-13(10-15(14)17(21)23-16)22-12-4-2-1-3-5-12/h1-10,16,21H,11,18-19H2/b9-8-. The number of hydrazine groups is 1. The van der Waals surface area contributed by atoms with Crippen molar-refractivity contribution >= 4 is 12.6 Å². The minimum absolute atomic E-state index is 0.327. The molecule has 2 aromatic rings. The molecule has 2 aromatic carbocycles. The van der Waals surface area contributed by atoms with Crippen molar-refractivity contribution in [2.45, 2.75) is 6.10 Å². The van der Waals surface area contributed by atoms with Gasteiger partial charge in [-0.2, -0.15) is 0 Å². The molecule has 3 rings (SSSR count). The van der Waals surface area contributed by atoms with Crippen LogP contribution in [0.25, 0.3) is 0 Å². The van der Waals surface area contributed by atoms with Gasteiger partial charge in [0.05, 0.1) is 12.6 Å². The minimum atomic E-state index is -0.996. The monoisotopic (exact) mass is 311 g/mol. The Morgan fingerprint density at radius 2 is 2.00 bits per heavy atom. The first-order chi connectivity index (χ1) is 11.2. The number of hydrogen-bond acceptors (Lipinski definition) is 6. The smallest absolute Gasteiger partial charge is 0.457 e. The van der Waals surface area contributed by atoms with Gasteiger partial charge in [-0.05, 0) is 35.3 Å². The van der Waals surface area contributed by atoms with Crippen molar-refractivity contribution in [2.75, 3.05) is 6.54 Å². The summed E-state index contributed by atoms with van der Waals surface area (Å²) in [5, 5.41) is 11.5. The quantitative estimate of drug-likeness (QED) is 0.430. The Kier molecular flexibility index (Phi) is 4.52. The molecule has 0 bridgehead atoms. The number of fused-ring (bicyclic) bond motifs is 1. The van der Waals surface area contributed by atoms with E-state index in [0.717, 1.165) is 11.3 Å². The van der Waals surface area contributed by atoms with Crippen molar-refractivity contribution in [3.8, 4) is 11.5 Å². The van der Waals surface area contributed by atoms with Crippen LogP contribution in [-0.4, -0.2) is 23.7 Å². The molecule has 0 saturated heterocycles. The Balaban J connectivity index is 1.79. The Hall–Kier alpha value is -2.48. The van der Waals surface area contributed by atoms with Gasteiger partial charge in [0.15, 0.2) is 0 Å². The van der Waals surface area contributed by atoms with Crippen LogP contribution >= 0.6 is 0 Å². The Bertz CT molecular complexity index is 696. The zero-order valence-electron chi connectivity index (χ0n) is 12.5. The van der Waals surface area contributed by atoms with E-state index in [1.165, 1.54) is 11.2 Å². The molecule has 0 saturated carbocycles. The third-order valence-electron chi connectivity index (χ3n) is 3.60. The molecule has 5 N–H and O–H groups in total. The summed E-state index contributed by atoms with van der Waals surface area (Å²) in [6.45, 7) is 0.386. The summed E-state index contributed by atoms with van der Waals surface area (Å²) in [6, 6.07) is 15.0. The van der Waals surface area contributed by atoms with Gasteiger partial charge in [-0.1, -0.05) is 24.3 Å². The molecule has 1 unspecified atom stereocenters. The maximum Gasteiger partial charge on any atom is 0.492 e. The molecule has 0 aliphatic carbocycles. The lowest BCUT2D eigenvalue weighted by Crippen LogP contribution is -2.31. The molecule has 23 heavy (non-hydrogen) atoms. The van der Waals surface area contributed by atoms with Crippen LogP contribution in [0.2, 0.25) is 0 Å². The van der Waals surface area contributed by atoms with Crippen LogP contribution in [0.4, 0.5) is 0 Å². The predicted molar refractivity (Wildman–Crippen MR) is 88.6 cm³/mol. The van der Waals surface area contributed by atoms with Crippen molar-refractivity contribution in [3.63, 3.8) is 0 Å². The fourth-order valence-electron chi connectivity index (χ4n) is 2.55. The molecule has 0 aromatic heterocycles. The van der Waals surface area contributed by atoms with Crippen molar-refractivity contribution in [2.24, 2.45) is 11.6 Å². The van der Waals surface area contributed by atoms with Gasteiger partial charge in [0.2, 0.25) is 0 Å². The molecule has 0 amide bonds. The molecule has 118 valence electrons. The number of para-hydroxylation sites is 1. The SMILES string of the molecule is N/C=C\N(N)CC1OB(O)c2cc(Oc3ccccc3)ccc21. The maximum absolute atomic E-state index is 10.1. The van der Waals surface area contributed by atoms with Gasteiger partial charge in [-0.15, -0.1) is 0 Å². The molecular weight excluding hydrogens is 293 g/mol. The van der Waals surface area contributed by atoms with E-state index in [1.807, 2.05) is 42.5 Å². The van der Waals surface area contributed by atoms with Gasteiger partial charge in [0.25, 0.3) is 0 Å². The summed E-state index contributed by atoms with van der Waals surface area (Å²) in [5.74, 6) is 7.16. The largest absolute Gasteiger partial charge is 0.492 e. The summed E-state index contributed by atoms with van der Waals surface area (Å²) < 4.78 is 11.3. The molecule has 1 heterocycles. The van der Waals surface area contributed by atoms with Crippen LogP contribution in [0.15, 0.2) is 60.9 Å². The van der Waals surface area contributed by atoms with Crippen LogP contribution in [0.5, 0.6) is 11.5 Å². The van der Waals surface area contributed by atoms with Crippen LogP contribution in [0, 0.1) is 0 Å². The molecule has 0 spiro atoms. The van der Waals surface area contributed by atoms with Crippen LogP contribution in [0.1, 0.15) is 11.7 Å². The highest BCUT2D eigenvalue weighted by molar-refractivity contribution is 6.61. The molecule has 1 aliphatic rings. The van der Waals surface area contributed by atoms with Crippen molar-refractivity contribution in [3.05, 3.63) is 66.5 Å². The van der Waals surface area contributed by atoms with Crippen LogP contribution < -0.4 is 21.8 Å². The predicted octanol–water partition coefficient (Wildman–Crippen LogP) is 0.843. The third-order valence-corrected chi connectivity index (χ3v) is 3.60. The van der Waals surface area contributed by atoms with Gasteiger partial charge in [0.1, 0.15) is 11.5 Å². The molecule has 7 heteroatoms. The normalized spacial score (nSPS) is 16.6. The summed E-state index contributed by atoms with van der Waals surface area (Å²) in [7, 11) is -0.996. The number of hydrogen-bond donors (Lipinski definition) is 3. The zero-order valence-corrected chi connectivity index (χ0v) is 12.5. The van der Waals surface area contributed by atoms with Gasteiger partial charge in [-0.25, -0.2) is 5.84 Å². The summed E-state index contributed by atoms with van der Waals surface area (Å²) in [4.78, 5) is 0. The lowest BCUT2D eigenvalue weighted by molar-refractivity contribution is 0.150. The van der Waals surface area contributed by atoms with E-state index in [4.69, 9.17) is 21.0 Å². The average Bonchev–Trinajstić information content (AvgIpc) is 2.84.